The molecule has 0 spiro atoms. The molecule has 0 saturated heterocycles. The summed E-state index contributed by atoms with van der Waals surface area (Å²) in [6.45, 7) is 3.83. The zero-order valence-electron chi connectivity index (χ0n) is 14.7. The monoisotopic (exact) mass is 384 g/mol. The van der Waals surface area contributed by atoms with Crippen LogP contribution in [-0.2, 0) is 10.1 Å². The zero-order valence-corrected chi connectivity index (χ0v) is 15.5. The van der Waals surface area contributed by atoms with Gasteiger partial charge in [-0.1, -0.05) is 13.0 Å². The SMILES string of the molecule is Cc1ccc(OS(=O)(=O)c2ccc3oc(=O)ccc3c2)c2c1[C@H](C)CC2=O. The van der Waals surface area contributed by atoms with Gasteiger partial charge in [-0.25, -0.2) is 4.79 Å². The molecule has 0 amide bonds. The molecule has 0 fully saturated rings. The maximum Gasteiger partial charge on any atom is 0.339 e. The number of Topliss-reactive ketones (excluding diaryl/α,β-unsaturated/α-hetero) is 1. The van der Waals surface area contributed by atoms with E-state index in [0.717, 1.165) is 11.1 Å². The van der Waals surface area contributed by atoms with E-state index in [9.17, 15) is 18.0 Å². The highest BCUT2D eigenvalue weighted by Crippen LogP contribution is 2.41. The van der Waals surface area contributed by atoms with Crippen molar-refractivity contribution in [3.05, 3.63) is 69.6 Å². The number of fused-ring (bicyclic) bond motifs is 2. The molecule has 1 heterocycles. The predicted molar refractivity (Wildman–Crippen MR) is 98.8 cm³/mol. The summed E-state index contributed by atoms with van der Waals surface area (Å²) in [5.41, 5.74) is 1.89. The first kappa shape index (κ1) is 17.5. The molecule has 138 valence electrons. The molecule has 0 radical (unpaired) electrons. The fourth-order valence-corrected chi connectivity index (χ4v) is 4.53. The predicted octanol–water partition coefficient (Wildman–Crippen LogP) is 3.56. The van der Waals surface area contributed by atoms with Crippen LogP contribution in [0.25, 0.3) is 11.0 Å². The number of carbonyl (C=O) groups excluding carboxylic acids is 1. The Bertz CT molecular complexity index is 1250. The van der Waals surface area contributed by atoms with Gasteiger partial charge in [0, 0.05) is 17.9 Å². The molecule has 1 aromatic heterocycles. The maximum absolute atomic E-state index is 12.8. The van der Waals surface area contributed by atoms with Crippen molar-refractivity contribution in [2.45, 2.75) is 31.1 Å². The summed E-state index contributed by atoms with van der Waals surface area (Å²) >= 11 is 0. The van der Waals surface area contributed by atoms with Crippen LogP contribution in [0.4, 0.5) is 0 Å². The van der Waals surface area contributed by atoms with Crippen molar-refractivity contribution in [3.63, 3.8) is 0 Å². The minimum atomic E-state index is -4.16. The molecule has 3 aromatic rings. The standard InChI is InChI=1S/C20H16O6S/c1-11-3-6-17(20-15(21)9-12(2)19(11)20)26-27(23,24)14-5-7-16-13(10-14)4-8-18(22)25-16/h3-8,10,12H,9H2,1-2H3/t12-/m1/s1. The highest BCUT2D eigenvalue weighted by molar-refractivity contribution is 7.87. The van der Waals surface area contributed by atoms with Gasteiger partial charge in [-0.15, -0.1) is 0 Å². The molecule has 0 saturated carbocycles. The quantitative estimate of drug-likeness (QED) is 0.507. The number of carbonyl (C=O) groups is 1. The van der Waals surface area contributed by atoms with E-state index in [1.807, 2.05) is 13.8 Å². The number of ketones is 1. The van der Waals surface area contributed by atoms with E-state index in [2.05, 4.69) is 0 Å². The molecule has 1 atom stereocenters. The first-order valence-electron chi connectivity index (χ1n) is 8.41. The second-order valence-electron chi connectivity index (χ2n) is 6.69. The second-order valence-corrected chi connectivity index (χ2v) is 8.24. The lowest BCUT2D eigenvalue weighted by atomic mass is 9.98. The van der Waals surface area contributed by atoms with Crippen LogP contribution in [0, 0.1) is 6.92 Å². The van der Waals surface area contributed by atoms with Crippen molar-refractivity contribution < 1.29 is 21.8 Å². The summed E-state index contributed by atoms with van der Waals surface area (Å²) in [6, 6.07) is 10.0. The van der Waals surface area contributed by atoms with E-state index in [1.165, 1.54) is 36.4 Å². The van der Waals surface area contributed by atoms with Crippen molar-refractivity contribution in [3.8, 4) is 5.75 Å². The van der Waals surface area contributed by atoms with Crippen LogP contribution in [0.3, 0.4) is 0 Å². The van der Waals surface area contributed by atoms with E-state index >= 15 is 0 Å². The molecule has 7 heteroatoms. The number of hydrogen-bond donors (Lipinski definition) is 0. The summed E-state index contributed by atoms with van der Waals surface area (Å²) < 4.78 is 35.9. The average Bonchev–Trinajstić information content (AvgIpc) is 2.92. The van der Waals surface area contributed by atoms with Crippen molar-refractivity contribution in [1.82, 2.24) is 0 Å². The molecule has 27 heavy (non-hydrogen) atoms. The van der Waals surface area contributed by atoms with Crippen LogP contribution >= 0.6 is 0 Å². The largest absolute Gasteiger partial charge is 0.423 e. The molecule has 0 unspecified atom stereocenters. The summed E-state index contributed by atoms with van der Waals surface area (Å²) in [4.78, 5) is 23.5. The Balaban J connectivity index is 1.78. The molecule has 2 aromatic carbocycles. The van der Waals surface area contributed by atoms with E-state index in [4.69, 9.17) is 8.60 Å². The van der Waals surface area contributed by atoms with Gasteiger partial charge >= 0.3 is 15.7 Å². The van der Waals surface area contributed by atoms with Crippen molar-refractivity contribution in [1.29, 1.82) is 0 Å². The van der Waals surface area contributed by atoms with Crippen LogP contribution in [0.1, 0.15) is 40.7 Å². The maximum atomic E-state index is 12.8. The number of benzene rings is 2. The Labute approximate surface area is 155 Å². The minimum absolute atomic E-state index is 0.0299. The smallest absolute Gasteiger partial charge is 0.339 e. The fourth-order valence-electron chi connectivity index (χ4n) is 3.55. The molecular formula is C20H16O6S. The normalized spacial score (nSPS) is 16.5. The lowest BCUT2D eigenvalue weighted by Gasteiger charge is -2.13. The summed E-state index contributed by atoms with van der Waals surface area (Å²) in [5, 5.41) is 0.457. The Kier molecular flexibility index (Phi) is 3.92. The molecular weight excluding hydrogens is 368 g/mol. The summed E-state index contributed by atoms with van der Waals surface area (Å²) in [6.07, 6.45) is 0.339. The topological polar surface area (TPSA) is 90.7 Å². The van der Waals surface area contributed by atoms with Gasteiger partial charge in [-0.05, 0) is 54.3 Å². The van der Waals surface area contributed by atoms with E-state index in [-0.39, 0.29) is 27.9 Å². The van der Waals surface area contributed by atoms with Crippen LogP contribution in [0.5, 0.6) is 5.75 Å². The number of aryl methyl sites for hydroxylation is 1. The first-order chi connectivity index (χ1) is 12.8. The third-order valence-electron chi connectivity index (χ3n) is 4.77. The third kappa shape index (κ3) is 2.94. The van der Waals surface area contributed by atoms with Gasteiger partial charge < -0.3 is 8.60 Å². The molecule has 4 rings (SSSR count). The zero-order chi connectivity index (χ0) is 19.3. The van der Waals surface area contributed by atoms with Gasteiger partial charge in [0.15, 0.2) is 11.5 Å². The van der Waals surface area contributed by atoms with Gasteiger partial charge in [0.1, 0.15) is 10.5 Å². The van der Waals surface area contributed by atoms with Gasteiger partial charge in [-0.3, -0.25) is 4.79 Å². The molecule has 0 bridgehead atoms. The van der Waals surface area contributed by atoms with Gasteiger partial charge in [0.2, 0.25) is 0 Å². The lowest BCUT2D eigenvalue weighted by Crippen LogP contribution is -2.12. The Morgan fingerprint density at radius 3 is 2.63 bits per heavy atom. The van der Waals surface area contributed by atoms with Crippen LogP contribution in [0.2, 0.25) is 0 Å². The minimum Gasteiger partial charge on any atom is -0.423 e. The van der Waals surface area contributed by atoms with Crippen molar-refractivity contribution in [2.75, 3.05) is 0 Å². The number of rotatable bonds is 3. The number of hydrogen-bond acceptors (Lipinski definition) is 6. The van der Waals surface area contributed by atoms with Crippen LogP contribution < -0.4 is 9.81 Å². The van der Waals surface area contributed by atoms with Crippen LogP contribution in [0.15, 0.2) is 56.6 Å². The summed E-state index contributed by atoms with van der Waals surface area (Å²) in [5.74, 6) is -0.0429. The van der Waals surface area contributed by atoms with Crippen LogP contribution in [-0.4, -0.2) is 14.2 Å². The van der Waals surface area contributed by atoms with E-state index in [0.29, 0.717) is 17.4 Å². The third-order valence-corrected chi connectivity index (χ3v) is 6.00. The first-order valence-corrected chi connectivity index (χ1v) is 9.82. The Morgan fingerprint density at radius 1 is 1.07 bits per heavy atom. The highest BCUT2D eigenvalue weighted by Gasteiger charge is 2.32. The van der Waals surface area contributed by atoms with Crippen molar-refractivity contribution in [2.24, 2.45) is 0 Å². The summed E-state index contributed by atoms with van der Waals surface area (Å²) in [7, 11) is -4.16. The van der Waals surface area contributed by atoms with E-state index < -0.39 is 15.7 Å². The Morgan fingerprint density at radius 2 is 1.85 bits per heavy atom. The van der Waals surface area contributed by atoms with E-state index in [1.54, 1.807) is 6.07 Å². The van der Waals surface area contributed by atoms with Gasteiger partial charge in [0.05, 0.1) is 5.56 Å². The molecule has 1 aliphatic carbocycles. The molecule has 0 N–H and O–H groups in total. The molecule has 6 nitrogen and oxygen atoms in total. The van der Waals surface area contributed by atoms with Crippen molar-refractivity contribution >= 4 is 26.9 Å². The molecule has 1 aliphatic rings. The lowest BCUT2D eigenvalue weighted by molar-refractivity contribution is 0.0989. The average molecular weight is 384 g/mol. The second kappa shape index (κ2) is 6.06. The fraction of sp³-hybridized carbons (Fsp3) is 0.200. The van der Waals surface area contributed by atoms with Gasteiger partial charge in [0.25, 0.3) is 0 Å². The van der Waals surface area contributed by atoms with Gasteiger partial charge in [-0.2, -0.15) is 8.42 Å². The highest BCUT2D eigenvalue weighted by atomic mass is 32.2. The Hall–Kier alpha value is -2.93. The molecule has 0 aliphatic heterocycles.